The van der Waals surface area contributed by atoms with Crippen molar-refractivity contribution in [3.05, 3.63) is 69.8 Å². The monoisotopic (exact) mass is 369 g/mol. The van der Waals surface area contributed by atoms with Gasteiger partial charge in [0.1, 0.15) is 11.6 Å². The van der Waals surface area contributed by atoms with Gasteiger partial charge in [0.15, 0.2) is 6.79 Å². The Bertz CT molecular complexity index is 1030. The molecule has 0 aliphatic carbocycles. The smallest absolute Gasteiger partial charge is 0.278 e. The second kappa shape index (κ2) is 7.16. The highest BCUT2D eigenvalue weighted by molar-refractivity contribution is 5.99. The van der Waals surface area contributed by atoms with Gasteiger partial charge >= 0.3 is 0 Å². The molecule has 2 heterocycles. The number of ether oxygens (including phenoxy) is 2. The van der Waals surface area contributed by atoms with Crippen LogP contribution in [0.5, 0.6) is 5.75 Å². The molecule has 27 heavy (non-hydrogen) atoms. The van der Waals surface area contributed by atoms with E-state index in [9.17, 15) is 14.5 Å². The van der Waals surface area contributed by atoms with Gasteiger partial charge in [-0.3, -0.25) is 15.1 Å². The third kappa shape index (κ3) is 3.39. The fourth-order valence-corrected chi connectivity index (χ4v) is 3.26. The first kappa shape index (κ1) is 17.2. The second-order valence-electron chi connectivity index (χ2n) is 6.15. The molecule has 1 aromatic heterocycles. The van der Waals surface area contributed by atoms with Gasteiger partial charge in [-0.05, 0) is 36.2 Å². The predicted octanol–water partition coefficient (Wildman–Crippen LogP) is 3.80. The number of pyridine rings is 1. The molecule has 0 fully saturated rings. The summed E-state index contributed by atoms with van der Waals surface area (Å²) in [5, 5.41) is 15.6. The molecule has 0 saturated carbocycles. The molecular weight excluding hydrogens is 353 g/mol. The molecule has 1 aliphatic rings. The SMILES string of the molecule is O=[N+]([O-])c1ccc(NCCc2cc(F)cc3c2OCOC3)c2ccncc12. The first-order valence-electron chi connectivity index (χ1n) is 8.40. The summed E-state index contributed by atoms with van der Waals surface area (Å²) in [5.74, 6) is 0.340. The van der Waals surface area contributed by atoms with Gasteiger partial charge in [0, 0.05) is 41.6 Å². The number of nitrogens with zero attached hydrogens (tertiary/aromatic N) is 2. The molecule has 0 radical (unpaired) electrons. The second-order valence-corrected chi connectivity index (χ2v) is 6.15. The van der Waals surface area contributed by atoms with Crippen molar-refractivity contribution >= 4 is 22.1 Å². The molecule has 4 rings (SSSR count). The molecule has 7 nitrogen and oxygen atoms in total. The van der Waals surface area contributed by atoms with Crippen molar-refractivity contribution in [2.24, 2.45) is 0 Å². The van der Waals surface area contributed by atoms with Crippen LogP contribution >= 0.6 is 0 Å². The number of rotatable bonds is 5. The highest BCUT2D eigenvalue weighted by Gasteiger charge is 2.17. The Kier molecular flexibility index (Phi) is 4.55. The van der Waals surface area contributed by atoms with Gasteiger partial charge in [0.05, 0.1) is 16.9 Å². The van der Waals surface area contributed by atoms with Crippen LogP contribution in [0.15, 0.2) is 42.7 Å². The lowest BCUT2D eigenvalue weighted by Crippen LogP contribution is -2.15. The molecule has 0 saturated heterocycles. The highest BCUT2D eigenvalue weighted by atomic mass is 19.1. The Hall–Kier alpha value is -3.26. The fourth-order valence-electron chi connectivity index (χ4n) is 3.26. The number of fused-ring (bicyclic) bond motifs is 2. The molecule has 0 atom stereocenters. The van der Waals surface area contributed by atoms with Crippen LogP contribution in [0.1, 0.15) is 11.1 Å². The first-order valence-corrected chi connectivity index (χ1v) is 8.40. The number of non-ortho nitro benzene ring substituents is 1. The summed E-state index contributed by atoms with van der Waals surface area (Å²) in [7, 11) is 0. The zero-order chi connectivity index (χ0) is 18.8. The number of hydrogen-bond donors (Lipinski definition) is 1. The summed E-state index contributed by atoms with van der Waals surface area (Å²) in [6.45, 7) is 0.988. The van der Waals surface area contributed by atoms with E-state index in [0.29, 0.717) is 41.7 Å². The lowest BCUT2D eigenvalue weighted by molar-refractivity contribution is -0.383. The van der Waals surface area contributed by atoms with Crippen molar-refractivity contribution in [1.29, 1.82) is 0 Å². The minimum absolute atomic E-state index is 0.0104. The largest absolute Gasteiger partial charge is 0.467 e. The summed E-state index contributed by atoms with van der Waals surface area (Å²) in [6.07, 6.45) is 3.60. The summed E-state index contributed by atoms with van der Waals surface area (Å²) in [5.41, 5.74) is 2.22. The fraction of sp³-hybridized carbons (Fsp3) is 0.211. The van der Waals surface area contributed by atoms with Gasteiger partial charge in [-0.1, -0.05) is 0 Å². The van der Waals surface area contributed by atoms with E-state index in [1.165, 1.54) is 24.4 Å². The third-order valence-corrected chi connectivity index (χ3v) is 4.45. The number of aromatic nitrogens is 1. The number of nitro benzene ring substituents is 1. The molecule has 138 valence electrons. The van der Waals surface area contributed by atoms with Crippen LogP contribution in [0, 0.1) is 15.9 Å². The van der Waals surface area contributed by atoms with Gasteiger partial charge in [-0.25, -0.2) is 4.39 Å². The van der Waals surface area contributed by atoms with Crippen molar-refractivity contribution in [2.75, 3.05) is 18.7 Å². The third-order valence-electron chi connectivity index (χ3n) is 4.45. The van der Waals surface area contributed by atoms with Crippen molar-refractivity contribution < 1.29 is 18.8 Å². The van der Waals surface area contributed by atoms with Gasteiger partial charge in [0.2, 0.25) is 0 Å². The molecule has 3 aromatic rings. The maximum atomic E-state index is 13.8. The Morgan fingerprint density at radius 1 is 1.26 bits per heavy atom. The van der Waals surface area contributed by atoms with E-state index < -0.39 is 4.92 Å². The molecule has 0 bridgehead atoms. The maximum absolute atomic E-state index is 13.8. The summed E-state index contributed by atoms with van der Waals surface area (Å²) in [4.78, 5) is 14.7. The van der Waals surface area contributed by atoms with Crippen LogP contribution in [-0.4, -0.2) is 23.2 Å². The quantitative estimate of drug-likeness (QED) is 0.544. The van der Waals surface area contributed by atoms with Crippen LogP contribution in [0.2, 0.25) is 0 Å². The average molecular weight is 369 g/mol. The number of benzene rings is 2. The number of nitrogens with one attached hydrogen (secondary N) is 1. The molecule has 0 unspecified atom stereocenters. The number of nitro groups is 1. The van der Waals surface area contributed by atoms with Crippen molar-refractivity contribution in [3.63, 3.8) is 0 Å². The van der Waals surface area contributed by atoms with E-state index >= 15 is 0 Å². The van der Waals surface area contributed by atoms with E-state index in [1.807, 2.05) is 0 Å². The van der Waals surface area contributed by atoms with Gasteiger partial charge in [-0.2, -0.15) is 0 Å². The van der Waals surface area contributed by atoms with Crippen molar-refractivity contribution in [3.8, 4) is 5.75 Å². The Morgan fingerprint density at radius 2 is 2.15 bits per heavy atom. The number of hydrogen-bond acceptors (Lipinski definition) is 6. The van der Waals surface area contributed by atoms with E-state index in [4.69, 9.17) is 9.47 Å². The highest BCUT2D eigenvalue weighted by Crippen LogP contribution is 2.32. The average Bonchev–Trinajstić information content (AvgIpc) is 2.67. The molecule has 0 spiro atoms. The zero-order valence-corrected chi connectivity index (χ0v) is 14.3. The van der Waals surface area contributed by atoms with Crippen LogP contribution < -0.4 is 10.1 Å². The Balaban J connectivity index is 1.56. The summed E-state index contributed by atoms with van der Waals surface area (Å²) in [6, 6.07) is 7.74. The van der Waals surface area contributed by atoms with Crippen LogP contribution in [-0.2, 0) is 17.8 Å². The Labute approximate surface area is 153 Å². The topological polar surface area (TPSA) is 86.5 Å². The number of anilines is 1. The number of halogens is 1. The van der Waals surface area contributed by atoms with E-state index in [1.54, 1.807) is 18.3 Å². The maximum Gasteiger partial charge on any atom is 0.278 e. The predicted molar refractivity (Wildman–Crippen MR) is 97.3 cm³/mol. The van der Waals surface area contributed by atoms with E-state index in [0.717, 1.165) is 11.3 Å². The summed E-state index contributed by atoms with van der Waals surface area (Å²) >= 11 is 0. The molecule has 0 amide bonds. The van der Waals surface area contributed by atoms with Crippen molar-refractivity contribution in [2.45, 2.75) is 13.0 Å². The van der Waals surface area contributed by atoms with Gasteiger partial charge < -0.3 is 14.8 Å². The first-order chi connectivity index (χ1) is 13.1. The molecule has 1 N–H and O–H groups in total. The molecule has 1 aliphatic heterocycles. The van der Waals surface area contributed by atoms with E-state index in [-0.39, 0.29) is 18.3 Å². The van der Waals surface area contributed by atoms with Crippen molar-refractivity contribution in [1.82, 2.24) is 4.98 Å². The molecule has 2 aromatic carbocycles. The zero-order valence-electron chi connectivity index (χ0n) is 14.3. The van der Waals surface area contributed by atoms with Gasteiger partial charge in [-0.15, -0.1) is 0 Å². The lowest BCUT2D eigenvalue weighted by atomic mass is 10.0. The standard InChI is InChI=1S/C19H16FN3O4/c20-14-7-12(19-13(8-14)10-26-11-27-19)3-6-22-17-1-2-18(23(24)25)16-9-21-5-4-15(16)17/h1-2,4-5,7-9,22H,3,6,10-11H2. The van der Waals surface area contributed by atoms with Crippen LogP contribution in [0.4, 0.5) is 15.8 Å². The van der Waals surface area contributed by atoms with Gasteiger partial charge in [0.25, 0.3) is 5.69 Å². The summed E-state index contributed by atoms with van der Waals surface area (Å²) < 4.78 is 24.5. The van der Waals surface area contributed by atoms with E-state index in [2.05, 4.69) is 10.3 Å². The molecule has 8 heteroatoms. The van der Waals surface area contributed by atoms with Crippen LogP contribution in [0.3, 0.4) is 0 Å². The minimum atomic E-state index is -0.424. The minimum Gasteiger partial charge on any atom is -0.467 e. The molecular formula is C19H16FN3O4. The Morgan fingerprint density at radius 3 is 3.00 bits per heavy atom. The van der Waals surface area contributed by atoms with Crippen LogP contribution in [0.25, 0.3) is 10.8 Å². The normalized spacial score (nSPS) is 13.1. The lowest BCUT2D eigenvalue weighted by Gasteiger charge is -2.21.